The summed E-state index contributed by atoms with van der Waals surface area (Å²) >= 11 is 1.36. The number of aromatic nitrogens is 2. The van der Waals surface area contributed by atoms with Gasteiger partial charge in [-0.15, -0.1) is 5.10 Å². The molecular weight excluding hydrogens is 210 g/mol. The number of rotatable bonds is 6. The zero-order valence-corrected chi connectivity index (χ0v) is 9.84. The van der Waals surface area contributed by atoms with Crippen LogP contribution < -0.4 is 5.32 Å². The molecule has 0 unspecified atom stereocenters. The van der Waals surface area contributed by atoms with E-state index in [9.17, 15) is 0 Å². The van der Waals surface area contributed by atoms with Gasteiger partial charge in [0.25, 0.3) is 0 Å². The van der Waals surface area contributed by atoms with E-state index in [1.54, 1.807) is 0 Å². The van der Waals surface area contributed by atoms with Crippen LogP contribution in [0.5, 0.6) is 0 Å². The van der Waals surface area contributed by atoms with Crippen molar-refractivity contribution in [2.45, 2.75) is 19.9 Å². The largest absolute Gasteiger partial charge is 0.377 e. The van der Waals surface area contributed by atoms with Crippen molar-refractivity contribution in [3.63, 3.8) is 0 Å². The third-order valence-electron chi connectivity index (χ3n) is 2.14. The highest BCUT2D eigenvalue weighted by molar-refractivity contribution is 7.10. The molecule has 1 N–H and O–H groups in total. The SMILES string of the molecule is CCN(CCC#N)Cc1nnsc1NC. The Morgan fingerprint density at radius 3 is 3.00 bits per heavy atom. The van der Waals surface area contributed by atoms with Crippen molar-refractivity contribution in [2.75, 3.05) is 25.5 Å². The zero-order valence-electron chi connectivity index (χ0n) is 9.03. The summed E-state index contributed by atoms with van der Waals surface area (Å²) in [6.07, 6.45) is 0.556. The molecule has 0 aromatic carbocycles. The molecule has 0 radical (unpaired) electrons. The molecule has 0 atom stereocenters. The van der Waals surface area contributed by atoms with Crippen LogP contribution in [0, 0.1) is 11.3 Å². The Hall–Kier alpha value is -1.19. The Labute approximate surface area is 93.9 Å². The fourth-order valence-electron chi connectivity index (χ4n) is 1.27. The summed E-state index contributed by atoms with van der Waals surface area (Å²) in [5.41, 5.74) is 0.960. The standard InChI is InChI=1S/C9H15N5S/c1-3-14(6-4-5-10)7-8-9(11-2)15-13-12-8/h11H,3-4,6-7H2,1-2H3. The first-order valence-corrected chi connectivity index (χ1v) is 5.67. The second-order valence-corrected chi connectivity index (χ2v) is 3.83. The molecule has 0 bridgehead atoms. The molecular formula is C9H15N5S. The molecule has 15 heavy (non-hydrogen) atoms. The highest BCUT2D eigenvalue weighted by Crippen LogP contribution is 2.18. The molecule has 0 amide bonds. The van der Waals surface area contributed by atoms with E-state index in [0.29, 0.717) is 6.42 Å². The van der Waals surface area contributed by atoms with Gasteiger partial charge in [-0.1, -0.05) is 11.4 Å². The van der Waals surface area contributed by atoms with Crippen molar-refractivity contribution in [3.05, 3.63) is 5.69 Å². The summed E-state index contributed by atoms with van der Waals surface area (Å²) in [6.45, 7) is 4.54. The lowest BCUT2D eigenvalue weighted by molar-refractivity contribution is 0.283. The Morgan fingerprint density at radius 1 is 1.60 bits per heavy atom. The Bertz CT molecular complexity index is 329. The molecule has 1 rings (SSSR count). The summed E-state index contributed by atoms with van der Waals surface area (Å²) < 4.78 is 3.90. The molecule has 1 heterocycles. The molecule has 82 valence electrons. The van der Waals surface area contributed by atoms with E-state index in [2.05, 4.69) is 32.8 Å². The molecule has 0 saturated carbocycles. The van der Waals surface area contributed by atoms with Crippen LogP contribution in [0.4, 0.5) is 5.00 Å². The molecule has 1 aromatic rings. The lowest BCUT2D eigenvalue weighted by atomic mass is 10.3. The summed E-state index contributed by atoms with van der Waals surface area (Å²) in [7, 11) is 1.87. The Morgan fingerprint density at radius 2 is 2.40 bits per heavy atom. The average molecular weight is 225 g/mol. The smallest absolute Gasteiger partial charge is 0.134 e. The monoisotopic (exact) mass is 225 g/mol. The second kappa shape index (κ2) is 6.32. The van der Waals surface area contributed by atoms with Gasteiger partial charge in [-0.3, -0.25) is 4.90 Å². The van der Waals surface area contributed by atoms with Gasteiger partial charge >= 0.3 is 0 Å². The normalized spacial score (nSPS) is 10.3. The van der Waals surface area contributed by atoms with Crippen molar-refractivity contribution >= 4 is 16.5 Å². The minimum atomic E-state index is 0.556. The summed E-state index contributed by atoms with van der Waals surface area (Å²) in [4.78, 5) is 2.18. The van der Waals surface area contributed by atoms with Gasteiger partial charge in [0.05, 0.1) is 6.07 Å². The predicted octanol–water partition coefficient (Wildman–Crippen LogP) is 1.32. The molecule has 0 aliphatic rings. The number of nitriles is 1. The summed E-state index contributed by atoms with van der Waals surface area (Å²) in [5, 5.41) is 16.7. The molecule has 0 saturated heterocycles. The highest BCUT2D eigenvalue weighted by atomic mass is 32.1. The van der Waals surface area contributed by atoms with Crippen LogP contribution in [0.1, 0.15) is 19.0 Å². The van der Waals surface area contributed by atoms with E-state index in [1.807, 2.05) is 7.05 Å². The van der Waals surface area contributed by atoms with E-state index in [4.69, 9.17) is 5.26 Å². The van der Waals surface area contributed by atoms with Gasteiger partial charge in [0.2, 0.25) is 0 Å². The Kier molecular flexibility index (Phi) is 5.01. The van der Waals surface area contributed by atoms with Crippen molar-refractivity contribution in [3.8, 4) is 6.07 Å². The van der Waals surface area contributed by atoms with Gasteiger partial charge in [-0.25, -0.2) is 0 Å². The molecule has 0 aliphatic heterocycles. The molecule has 0 fully saturated rings. The number of anilines is 1. The van der Waals surface area contributed by atoms with Gasteiger partial charge in [-0.2, -0.15) is 5.26 Å². The van der Waals surface area contributed by atoms with Gasteiger partial charge in [0.1, 0.15) is 10.7 Å². The first-order chi connectivity index (χ1) is 7.31. The maximum atomic E-state index is 8.52. The third-order valence-corrected chi connectivity index (χ3v) is 2.93. The molecule has 5 nitrogen and oxygen atoms in total. The first-order valence-electron chi connectivity index (χ1n) is 4.90. The van der Waals surface area contributed by atoms with Gasteiger partial charge < -0.3 is 5.32 Å². The van der Waals surface area contributed by atoms with E-state index in [0.717, 1.165) is 30.3 Å². The van der Waals surface area contributed by atoms with Crippen LogP contribution in [0.15, 0.2) is 0 Å². The zero-order chi connectivity index (χ0) is 11.1. The fraction of sp³-hybridized carbons (Fsp3) is 0.667. The van der Waals surface area contributed by atoms with Crippen LogP contribution in [0.3, 0.4) is 0 Å². The number of nitrogens with one attached hydrogen (secondary N) is 1. The maximum Gasteiger partial charge on any atom is 0.134 e. The summed E-state index contributed by atoms with van der Waals surface area (Å²) in [6, 6.07) is 2.15. The fourth-order valence-corrected chi connectivity index (χ4v) is 1.79. The molecule has 1 aromatic heterocycles. The molecule has 0 aliphatic carbocycles. The highest BCUT2D eigenvalue weighted by Gasteiger charge is 2.10. The van der Waals surface area contributed by atoms with Crippen molar-refractivity contribution in [1.29, 1.82) is 5.26 Å². The quantitative estimate of drug-likeness (QED) is 0.791. The second-order valence-electron chi connectivity index (χ2n) is 3.08. The average Bonchev–Trinajstić information content (AvgIpc) is 2.71. The van der Waals surface area contributed by atoms with Crippen LogP contribution in [-0.4, -0.2) is 34.6 Å². The van der Waals surface area contributed by atoms with Crippen LogP contribution in [0.25, 0.3) is 0 Å². The van der Waals surface area contributed by atoms with Crippen molar-refractivity contribution in [2.24, 2.45) is 0 Å². The lowest BCUT2D eigenvalue weighted by Crippen LogP contribution is -2.24. The van der Waals surface area contributed by atoms with Crippen LogP contribution in [0.2, 0.25) is 0 Å². The number of nitrogens with zero attached hydrogens (tertiary/aromatic N) is 4. The molecule has 6 heteroatoms. The Balaban J connectivity index is 2.55. The topological polar surface area (TPSA) is 64.8 Å². The minimum absolute atomic E-state index is 0.556. The van der Waals surface area contributed by atoms with Gasteiger partial charge in [0, 0.05) is 38.1 Å². The van der Waals surface area contributed by atoms with E-state index < -0.39 is 0 Å². The van der Waals surface area contributed by atoms with E-state index >= 15 is 0 Å². The van der Waals surface area contributed by atoms with E-state index in [-0.39, 0.29) is 0 Å². The number of hydrogen-bond donors (Lipinski definition) is 1. The minimum Gasteiger partial charge on any atom is -0.377 e. The lowest BCUT2D eigenvalue weighted by Gasteiger charge is -2.17. The van der Waals surface area contributed by atoms with Crippen molar-refractivity contribution in [1.82, 2.24) is 14.5 Å². The third kappa shape index (κ3) is 3.46. The van der Waals surface area contributed by atoms with Gasteiger partial charge in [0.15, 0.2) is 0 Å². The van der Waals surface area contributed by atoms with Gasteiger partial charge in [-0.05, 0) is 6.54 Å². The maximum absolute atomic E-state index is 8.52. The summed E-state index contributed by atoms with van der Waals surface area (Å²) in [5.74, 6) is 0. The number of hydrogen-bond acceptors (Lipinski definition) is 6. The van der Waals surface area contributed by atoms with Crippen molar-refractivity contribution < 1.29 is 0 Å². The van der Waals surface area contributed by atoms with E-state index in [1.165, 1.54) is 11.5 Å². The van der Waals surface area contributed by atoms with Crippen LogP contribution >= 0.6 is 11.5 Å². The molecule has 0 spiro atoms. The predicted molar refractivity (Wildman–Crippen MR) is 60.6 cm³/mol. The first kappa shape index (κ1) is 11.9. The van der Waals surface area contributed by atoms with Crippen LogP contribution in [-0.2, 0) is 6.54 Å².